The van der Waals surface area contributed by atoms with E-state index in [0.29, 0.717) is 29.4 Å². The van der Waals surface area contributed by atoms with Gasteiger partial charge in [0.15, 0.2) is 21.9 Å². The smallest absolute Gasteiger partial charge is 0.193 e. The van der Waals surface area contributed by atoms with Crippen LogP contribution in [-0.2, 0) is 24.9 Å². The topological polar surface area (TPSA) is 75.6 Å². The molecule has 2 atom stereocenters. The van der Waals surface area contributed by atoms with Crippen LogP contribution in [0.15, 0.2) is 42.5 Å². The lowest BCUT2D eigenvalue weighted by Gasteiger charge is -2.48. The average Bonchev–Trinajstić information content (AvgIpc) is 2.88. The molecule has 1 aliphatic rings. The van der Waals surface area contributed by atoms with Crippen molar-refractivity contribution < 1.29 is 33.2 Å². The minimum absolute atomic E-state index is 0.104. The largest absolute Gasteiger partial charge is 0.492 e. The Balaban J connectivity index is 1.94. The monoisotopic (exact) mass is 542 g/mol. The van der Waals surface area contributed by atoms with Gasteiger partial charge in [-0.2, -0.15) is 0 Å². The number of rotatable bonds is 10. The van der Waals surface area contributed by atoms with Crippen molar-refractivity contribution in [2.75, 3.05) is 41.0 Å². The normalized spacial score (nSPS) is 21.1. The first-order valence-corrected chi connectivity index (χ1v) is 15.7. The molecule has 2 aromatic carbocycles. The highest BCUT2D eigenvalue weighted by atomic mass is 28.4. The van der Waals surface area contributed by atoms with Gasteiger partial charge in [-0.3, -0.25) is 0 Å². The zero-order valence-electron chi connectivity index (χ0n) is 24.0. The molecule has 0 bridgehead atoms. The number of hydrogen-bond donors (Lipinski definition) is 1. The molecule has 208 valence electrons. The van der Waals surface area contributed by atoms with Gasteiger partial charge >= 0.3 is 0 Å². The molecular formula is C30H42O7Si. The molecule has 2 unspecified atom stereocenters. The molecule has 0 aliphatic carbocycles. The minimum atomic E-state index is -1.91. The number of benzene rings is 2. The Morgan fingerprint density at radius 1 is 0.947 bits per heavy atom. The number of methoxy groups -OCH3 is 2. The van der Waals surface area contributed by atoms with Crippen molar-refractivity contribution in [2.45, 2.75) is 63.3 Å². The molecule has 0 saturated carbocycles. The quantitative estimate of drug-likeness (QED) is 0.238. The highest BCUT2D eigenvalue weighted by molar-refractivity contribution is 6.74. The summed E-state index contributed by atoms with van der Waals surface area (Å²) in [7, 11) is 1.23. The number of aliphatic hydroxyl groups is 1. The molecule has 0 fully saturated rings. The van der Waals surface area contributed by atoms with Crippen LogP contribution in [-0.4, -0.2) is 54.4 Å². The highest BCUT2D eigenvalue weighted by Crippen LogP contribution is 2.52. The molecule has 1 aliphatic heterocycles. The molecule has 38 heavy (non-hydrogen) atoms. The first-order valence-electron chi connectivity index (χ1n) is 12.8. The second-order valence-electron chi connectivity index (χ2n) is 11.3. The van der Waals surface area contributed by atoms with E-state index < -0.39 is 19.3 Å². The van der Waals surface area contributed by atoms with Gasteiger partial charge in [0.1, 0.15) is 29.5 Å². The molecular weight excluding hydrogens is 500 g/mol. The van der Waals surface area contributed by atoms with Gasteiger partial charge in [0.25, 0.3) is 0 Å². The lowest BCUT2D eigenvalue weighted by Crippen LogP contribution is -2.53. The lowest BCUT2D eigenvalue weighted by molar-refractivity contribution is -0.0711. The van der Waals surface area contributed by atoms with Crippen LogP contribution >= 0.6 is 0 Å². The van der Waals surface area contributed by atoms with Crippen LogP contribution in [0.2, 0.25) is 18.1 Å². The third-order valence-electron chi connectivity index (χ3n) is 7.79. The van der Waals surface area contributed by atoms with Crippen molar-refractivity contribution in [2.24, 2.45) is 0 Å². The second kappa shape index (κ2) is 12.1. The van der Waals surface area contributed by atoms with Crippen molar-refractivity contribution >= 4 is 8.32 Å². The summed E-state index contributed by atoms with van der Waals surface area (Å²) in [4.78, 5) is 0. The van der Waals surface area contributed by atoms with E-state index in [1.165, 1.54) is 0 Å². The van der Waals surface area contributed by atoms with Crippen LogP contribution in [0.5, 0.6) is 17.2 Å². The van der Waals surface area contributed by atoms with Crippen LogP contribution < -0.4 is 14.2 Å². The zero-order valence-corrected chi connectivity index (χ0v) is 25.0. The van der Waals surface area contributed by atoms with Crippen LogP contribution in [0, 0.1) is 11.8 Å². The summed E-state index contributed by atoms with van der Waals surface area (Å²) < 4.78 is 33.6. The molecule has 8 heteroatoms. The van der Waals surface area contributed by atoms with Gasteiger partial charge in [0.05, 0.1) is 12.0 Å². The van der Waals surface area contributed by atoms with E-state index in [9.17, 15) is 5.11 Å². The van der Waals surface area contributed by atoms with E-state index >= 15 is 0 Å². The van der Waals surface area contributed by atoms with E-state index in [1.807, 2.05) is 43.3 Å². The lowest BCUT2D eigenvalue weighted by atomic mass is 9.63. The molecule has 1 heterocycles. The fourth-order valence-electron chi connectivity index (χ4n) is 4.15. The van der Waals surface area contributed by atoms with Crippen LogP contribution in [0.25, 0.3) is 0 Å². The van der Waals surface area contributed by atoms with Gasteiger partial charge in [-0.1, -0.05) is 44.7 Å². The van der Waals surface area contributed by atoms with Gasteiger partial charge in [-0.25, -0.2) is 0 Å². The van der Waals surface area contributed by atoms with Gasteiger partial charge < -0.3 is 33.2 Å². The summed E-state index contributed by atoms with van der Waals surface area (Å²) in [5.41, 5.74) is -0.548. The third-order valence-corrected chi connectivity index (χ3v) is 12.3. The summed E-state index contributed by atoms with van der Waals surface area (Å²) in [5.74, 6) is 8.24. The van der Waals surface area contributed by atoms with E-state index in [-0.39, 0.29) is 31.7 Å². The van der Waals surface area contributed by atoms with Crippen LogP contribution in [0.4, 0.5) is 0 Å². The first-order chi connectivity index (χ1) is 17.9. The Labute approximate surface area is 228 Å². The number of fused-ring (bicyclic) bond motifs is 1. The summed E-state index contributed by atoms with van der Waals surface area (Å²) in [6.07, 6.45) is 0.209. The average molecular weight is 543 g/mol. The highest BCUT2D eigenvalue weighted by Gasteiger charge is 2.53. The second-order valence-corrected chi connectivity index (χ2v) is 16.2. The predicted octanol–water partition coefficient (Wildman–Crippen LogP) is 5.61. The van der Waals surface area contributed by atoms with Crippen LogP contribution in [0.3, 0.4) is 0 Å². The molecule has 0 spiro atoms. The molecule has 3 rings (SSSR count). The maximum atomic E-state index is 12.4. The SMILES string of the molecule is COCOc1ccc(C2(C)COc3cc(OCOC)ccc3C2(O)CC#CCO[Si](C)(C)C(C)(C)C)cc1. The van der Waals surface area contributed by atoms with Crippen molar-refractivity contribution in [1.29, 1.82) is 0 Å². The molecule has 0 amide bonds. The molecule has 7 nitrogen and oxygen atoms in total. The van der Waals surface area contributed by atoms with Gasteiger partial charge in [-0.15, -0.1) is 0 Å². The fraction of sp³-hybridized carbons (Fsp3) is 0.533. The van der Waals surface area contributed by atoms with Crippen molar-refractivity contribution in [3.8, 4) is 29.1 Å². The third kappa shape index (κ3) is 6.36. The first kappa shape index (κ1) is 30.0. The van der Waals surface area contributed by atoms with Crippen molar-refractivity contribution in [1.82, 2.24) is 0 Å². The van der Waals surface area contributed by atoms with E-state index in [1.54, 1.807) is 20.3 Å². The van der Waals surface area contributed by atoms with Gasteiger partial charge in [-0.05, 0) is 54.9 Å². The predicted molar refractivity (Wildman–Crippen MR) is 150 cm³/mol. The standard InChI is InChI=1S/C30H42O7Si/c1-28(2,3)38(7,8)37-18-10-9-17-30(31)26-16-15-25(36-22-33-6)19-27(26)34-20-29(30,4)23-11-13-24(14-12-23)35-21-32-5/h11-16,19,31H,17-18,20-22H2,1-8H3. The van der Waals surface area contributed by atoms with Crippen molar-refractivity contribution in [3.05, 3.63) is 53.6 Å². The number of ether oxygens (including phenoxy) is 5. The maximum absolute atomic E-state index is 12.4. The molecule has 0 radical (unpaired) electrons. The maximum Gasteiger partial charge on any atom is 0.193 e. The molecule has 0 aromatic heterocycles. The fourth-order valence-corrected chi connectivity index (χ4v) is 5.02. The Hall–Kier alpha value is -2.54. The zero-order chi connectivity index (χ0) is 28.0. The molecule has 1 N–H and O–H groups in total. The summed E-state index contributed by atoms with van der Waals surface area (Å²) >= 11 is 0. The van der Waals surface area contributed by atoms with E-state index in [4.69, 9.17) is 28.1 Å². The van der Waals surface area contributed by atoms with Gasteiger partial charge in [0.2, 0.25) is 0 Å². The Kier molecular flexibility index (Phi) is 9.55. The van der Waals surface area contributed by atoms with E-state index in [0.717, 1.165) is 5.56 Å². The summed E-state index contributed by atoms with van der Waals surface area (Å²) in [6.45, 7) is 13.9. The number of hydrogen-bond acceptors (Lipinski definition) is 7. The molecule has 0 saturated heterocycles. The Bertz CT molecular complexity index is 1130. The minimum Gasteiger partial charge on any atom is -0.492 e. The van der Waals surface area contributed by atoms with Crippen molar-refractivity contribution in [3.63, 3.8) is 0 Å². The summed E-state index contributed by atoms with van der Waals surface area (Å²) in [6, 6.07) is 13.1. The van der Waals surface area contributed by atoms with Gasteiger partial charge in [0, 0.05) is 32.3 Å². The Morgan fingerprint density at radius 2 is 1.55 bits per heavy atom. The Morgan fingerprint density at radius 3 is 2.16 bits per heavy atom. The molecule has 2 aromatic rings. The van der Waals surface area contributed by atoms with Crippen LogP contribution in [0.1, 0.15) is 45.2 Å². The van der Waals surface area contributed by atoms with E-state index in [2.05, 4.69) is 45.7 Å². The summed E-state index contributed by atoms with van der Waals surface area (Å²) in [5, 5.41) is 12.5.